The number of hydrogen-bond acceptors (Lipinski definition) is 3. The fraction of sp³-hybridized carbons (Fsp3) is 0.333. The van der Waals surface area contributed by atoms with Crippen LogP contribution in [0, 0.1) is 0 Å². The number of amides is 1. The molecule has 0 aliphatic carbocycles. The van der Waals surface area contributed by atoms with Gasteiger partial charge in [-0.2, -0.15) is 18.3 Å². The van der Waals surface area contributed by atoms with Crippen LogP contribution >= 0.6 is 0 Å². The Morgan fingerprint density at radius 1 is 1.35 bits per heavy atom. The summed E-state index contributed by atoms with van der Waals surface area (Å²) in [6, 6.07) is 4.65. The van der Waals surface area contributed by atoms with Gasteiger partial charge in [-0.05, 0) is 19.1 Å². The van der Waals surface area contributed by atoms with E-state index in [1.165, 1.54) is 18.2 Å². The van der Waals surface area contributed by atoms with Crippen molar-refractivity contribution in [1.82, 2.24) is 9.78 Å². The zero-order chi connectivity index (χ0) is 17.0. The van der Waals surface area contributed by atoms with Crippen LogP contribution in [0.2, 0.25) is 0 Å². The summed E-state index contributed by atoms with van der Waals surface area (Å²) in [5, 5.41) is 9.36. The second-order valence-corrected chi connectivity index (χ2v) is 5.24. The van der Waals surface area contributed by atoms with Gasteiger partial charge in [-0.1, -0.05) is 12.1 Å². The summed E-state index contributed by atoms with van der Waals surface area (Å²) in [5.41, 5.74) is -0.358. The number of para-hydroxylation sites is 1. The predicted molar refractivity (Wildman–Crippen MR) is 81.0 cm³/mol. The Bertz CT molecular complexity index is 681. The summed E-state index contributed by atoms with van der Waals surface area (Å²) in [5.74, 6) is -0.495. The number of aryl methyl sites for hydroxylation is 1. The lowest BCUT2D eigenvalue weighted by atomic mass is 10.1. The highest BCUT2D eigenvalue weighted by Gasteiger charge is 2.33. The number of benzene rings is 1. The standard InChI is InChI=1S/C15H17F3N4O/c1-10(20-11-8-19-22(2)9-11)7-14(23)21-13-6-4-3-5-12(13)15(16,17)18/h3-6,8-10,20H,7H2,1-2H3,(H,21,23). The first kappa shape index (κ1) is 16.9. The molecule has 0 saturated carbocycles. The quantitative estimate of drug-likeness (QED) is 0.886. The fourth-order valence-corrected chi connectivity index (χ4v) is 2.15. The van der Waals surface area contributed by atoms with E-state index in [9.17, 15) is 18.0 Å². The van der Waals surface area contributed by atoms with Crippen LogP contribution < -0.4 is 10.6 Å². The van der Waals surface area contributed by atoms with Gasteiger partial charge in [-0.25, -0.2) is 0 Å². The Morgan fingerprint density at radius 3 is 2.65 bits per heavy atom. The van der Waals surface area contributed by atoms with Gasteiger partial charge in [0.25, 0.3) is 0 Å². The number of nitrogens with zero attached hydrogens (tertiary/aromatic N) is 2. The number of carbonyl (C=O) groups is 1. The van der Waals surface area contributed by atoms with E-state index in [1.54, 1.807) is 31.0 Å². The van der Waals surface area contributed by atoms with Crippen molar-refractivity contribution in [2.75, 3.05) is 10.6 Å². The van der Waals surface area contributed by atoms with Crippen LogP contribution in [0.3, 0.4) is 0 Å². The third kappa shape index (κ3) is 4.73. The van der Waals surface area contributed by atoms with E-state index < -0.39 is 17.6 Å². The molecule has 1 aromatic carbocycles. The van der Waals surface area contributed by atoms with Crippen LogP contribution in [-0.4, -0.2) is 21.7 Å². The molecule has 1 heterocycles. The molecule has 5 nitrogen and oxygen atoms in total. The van der Waals surface area contributed by atoms with Crippen LogP contribution in [0.4, 0.5) is 24.5 Å². The van der Waals surface area contributed by atoms with Gasteiger partial charge in [0.05, 0.1) is 23.1 Å². The lowest BCUT2D eigenvalue weighted by Crippen LogP contribution is -2.24. The summed E-state index contributed by atoms with van der Waals surface area (Å²) in [6.45, 7) is 1.77. The number of hydrogen-bond donors (Lipinski definition) is 2. The Kier molecular flexibility index (Phi) is 4.92. The highest BCUT2D eigenvalue weighted by atomic mass is 19.4. The number of aromatic nitrogens is 2. The van der Waals surface area contributed by atoms with Gasteiger partial charge in [0.1, 0.15) is 0 Å². The molecule has 0 spiro atoms. The van der Waals surface area contributed by atoms with Gasteiger partial charge in [-0.15, -0.1) is 0 Å². The molecule has 0 bridgehead atoms. The van der Waals surface area contributed by atoms with Crippen molar-refractivity contribution in [3.8, 4) is 0 Å². The van der Waals surface area contributed by atoms with Crippen LogP contribution in [0.1, 0.15) is 18.9 Å². The second-order valence-electron chi connectivity index (χ2n) is 5.24. The van der Waals surface area contributed by atoms with Gasteiger partial charge in [-0.3, -0.25) is 9.48 Å². The lowest BCUT2D eigenvalue weighted by Gasteiger charge is -2.16. The molecule has 0 fully saturated rings. The van der Waals surface area contributed by atoms with Gasteiger partial charge < -0.3 is 10.6 Å². The summed E-state index contributed by atoms with van der Waals surface area (Å²) in [6.07, 6.45) is -1.13. The number of anilines is 2. The van der Waals surface area contributed by atoms with E-state index in [4.69, 9.17) is 0 Å². The van der Waals surface area contributed by atoms with Gasteiger partial charge in [0.2, 0.25) is 5.91 Å². The maximum absolute atomic E-state index is 12.9. The first-order chi connectivity index (χ1) is 10.8. The van der Waals surface area contributed by atoms with E-state index in [0.717, 1.165) is 11.8 Å². The second kappa shape index (κ2) is 6.72. The smallest absolute Gasteiger partial charge is 0.380 e. The molecule has 1 aromatic heterocycles. The Hall–Kier alpha value is -2.51. The van der Waals surface area contributed by atoms with Gasteiger partial charge >= 0.3 is 6.18 Å². The van der Waals surface area contributed by atoms with Crippen molar-refractivity contribution in [2.45, 2.75) is 25.6 Å². The summed E-state index contributed by atoms with van der Waals surface area (Å²) < 4.78 is 40.2. The molecule has 2 rings (SSSR count). The maximum atomic E-state index is 12.9. The van der Waals surface area contributed by atoms with E-state index in [2.05, 4.69) is 15.7 Å². The first-order valence-electron chi connectivity index (χ1n) is 6.97. The molecule has 124 valence electrons. The van der Waals surface area contributed by atoms with Crippen molar-refractivity contribution < 1.29 is 18.0 Å². The highest BCUT2D eigenvalue weighted by Crippen LogP contribution is 2.34. The monoisotopic (exact) mass is 326 g/mol. The van der Waals surface area contributed by atoms with Crippen molar-refractivity contribution in [3.63, 3.8) is 0 Å². The molecular weight excluding hydrogens is 309 g/mol. The topological polar surface area (TPSA) is 59.0 Å². The zero-order valence-corrected chi connectivity index (χ0v) is 12.7. The summed E-state index contributed by atoms with van der Waals surface area (Å²) >= 11 is 0. The van der Waals surface area contributed by atoms with Gasteiger partial charge in [0.15, 0.2) is 0 Å². The number of nitrogens with one attached hydrogen (secondary N) is 2. The molecular formula is C15H17F3N4O. The van der Waals surface area contributed by atoms with Crippen LogP contribution in [0.15, 0.2) is 36.7 Å². The molecule has 1 unspecified atom stereocenters. The highest BCUT2D eigenvalue weighted by molar-refractivity contribution is 5.92. The average molecular weight is 326 g/mol. The summed E-state index contributed by atoms with van der Waals surface area (Å²) in [7, 11) is 1.76. The van der Waals surface area contributed by atoms with Crippen LogP contribution in [0.25, 0.3) is 0 Å². The molecule has 2 N–H and O–H groups in total. The molecule has 0 aliphatic rings. The number of carbonyl (C=O) groups excluding carboxylic acids is 1. The molecule has 0 aliphatic heterocycles. The fourth-order valence-electron chi connectivity index (χ4n) is 2.15. The minimum Gasteiger partial charge on any atom is -0.380 e. The van der Waals surface area contributed by atoms with Crippen LogP contribution in [0.5, 0.6) is 0 Å². The maximum Gasteiger partial charge on any atom is 0.418 e. The van der Waals surface area contributed by atoms with E-state index in [1.807, 2.05) is 0 Å². The molecule has 23 heavy (non-hydrogen) atoms. The molecule has 2 aromatic rings. The van der Waals surface area contributed by atoms with Crippen LogP contribution in [-0.2, 0) is 18.0 Å². The van der Waals surface area contributed by atoms with E-state index in [-0.39, 0.29) is 18.2 Å². The zero-order valence-electron chi connectivity index (χ0n) is 12.7. The van der Waals surface area contributed by atoms with Crippen molar-refractivity contribution >= 4 is 17.3 Å². The number of rotatable bonds is 5. The molecule has 1 atom stereocenters. The van der Waals surface area contributed by atoms with Gasteiger partial charge in [0, 0.05) is 25.7 Å². The number of halogens is 3. The minimum absolute atomic E-state index is 0.0289. The molecule has 8 heteroatoms. The normalized spacial score (nSPS) is 12.7. The van der Waals surface area contributed by atoms with E-state index in [0.29, 0.717) is 0 Å². The van der Waals surface area contributed by atoms with E-state index >= 15 is 0 Å². The Labute approximate surface area is 131 Å². The largest absolute Gasteiger partial charge is 0.418 e. The number of alkyl halides is 3. The molecule has 0 radical (unpaired) electrons. The summed E-state index contributed by atoms with van der Waals surface area (Å²) in [4.78, 5) is 12.0. The van der Waals surface area contributed by atoms with Crippen molar-refractivity contribution in [3.05, 3.63) is 42.2 Å². The third-order valence-electron chi connectivity index (χ3n) is 3.12. The Morgan fingerprint density at radius 2 is 2.04 bits per heavy atom. The first-order valence-corrected chi connectivity index (χ1v) is 6.97. The minimum atomic E-state index is -4.51. The Balaban J connectivity index is 1.97. The molecule has 1 amide bonds. The van der Waals surface area contributed by atoms with Crippen molar-refractivity contribution in [1.29, 1.82) is 0 Å². The lowest BCUT2D eigenvalue weighted by molar-refractivity contribution is -0.137. The predicted octanol–water partition coefficient (Wildman–Crippen LogP) is 3.27. The average Bonchev–Trinajstić information content (AvgIpc) is 2.83. The molecule has 0 saturated heterocycles. The van der Waals surface area contributed by atoms with Crippen molar-refractivity contribution in [2.24, 2.45) is 7.05 Å². The SMILES string of the molecule is CC(CC(=O)Nc1ccccc1C(F)(F)F)Nc1cnn(C)c1. The third-order valence-corrected chi connectivity index (χ3v) is 3.12.